The monoisotopic (exact) mass is 291 g/mol. The highest BCUT2D eigenvalue weighted by Gasteiger charge is 2.23. The Morgan fingerprint density at radius 2 is 2.19 bits per heavy atom. The Hall–Kier alpha value is -2.29. The molecule has 1 N–H and O–H groups in total. The summed E-state index contributed by atoms with van der Waals surface area (Å²) in [6, 6.07) is 6.29. The number of nitriles is 1. The van der Waals surface area contributed by atoms with Crippen LogP contribution in [0.4, 0.5) is 14.9 Å². The molecule has 0 atom stereocenters. The molecule has 1 aromatic rings. The molecule has 2 rings (SSSR count). The number of nitrogens with one attached hydrogen (secondary N) is 1. The van der Waals surface area contributed by atoms with Crippen LogP contribution >= 0.6 is 0 Å². The Kier molecular flexibility index (Phi) is 4.99. The Balaban J connectivity index is 1.90. The summed E-state index contributed by atoms with van der Waals surface area (Å²) in [6.45, 7) is 3.37. The molecule has 0 spiro atoms. The molecule has 112 valence electrons. The van der Waals surface area contributed by atoms with Gasteiger partial charge in [0.05, 0.1) is 18.2 Å². The van der Waals surface area contributed by atoms with Crippen LogP contribution < -0.4 is 5.32 Å². The zero-order valence-corrected chi connectivity index (χ0v) is 11.9. The van der Waals surface area contributed by atoms with E-state index in [9.17, 15) is 9.18 Å². The predicted molar refractivity (Wildman–Crippen MR) is 76.4 cm³/mol. The van der Waals surface area contributed by atoms with Crippen molar-refractivity contribution in [3.8, 4) is 6.07 Å². The van der Waals surface area contributed by atoms with Gasteiger partial charge in [-0.1, -0.05) is 0 Å². The zero-order chi connectivity index (χ0) is 15.2. The van der Waals surface area contributed by atoms with E-state index in [4.69, 9.17) is 10.00 Å². The topological polar surface area (TPSA) is 65.4 Å². The van der Waals surface area contributed by atoms with Gasteiger partial charge >= 0.3 is 6.09 Å². The first-order valence-corrected chi connectivity index (χ1v) is 7.01. The smallest absolute Gasteiger partial charge is 0.409 e. The molecule has 1 aliphatic rings. The summed E-state index contributed by atoms with van der Waals surface area (Å²) >= 11 is 0. The van der Waals surface area contributed by atoms with Gasteiger partial charge in [0.1, 0.15) is 5.82 Å². The molecule has 21 heavy (non-hydrogen) atoms. The summed E-state index contributed by atoms with van der Waals surface area (Å²) in [5.41, 5.74) is 0.891. The lowest BCUT2D eigenvalue weighted by atomic mass is 10.0. The van der Waals surface area contributed by atoms with Gasteiger partial charge in [0.15, 0.2) is 0 Å². The Morgan fingerprint density at radius 3 is 2.81 bits per heavy atom. The molecule has 0 unspecified atom stereocenters. The fourth-order valence-electron chi connectivity index (χ4n) is 2.39. The van der Waals surface area contributed by atoms with E-state index >= 15 is 0 Å². The van der Waals surface area contributed by atoms with E-state index in [1.165, 1.54) is 12.1 Å². The fourth-order valence-corrected chi connectivity index (χ4v) is 2.39. The molecule has 1 saturated heterocycles. The summed E-state index contributed by atoms with van der Waals surface area (Å²) in [5, 5.41) is 12.1. The molecule has 0 bridgehead atoms. The number of halogens is 1. The standard InChI is InChI=1S/C15H18FN3O2/c1-2-21-15(20)19-5-3-13(4-6-19)18-14-8-11(10-17)7-12(16)9-14/h7-9,13,18H,2-6H2,1H3. The molecular weight excluding hydrogens is 273 g/mol. The van der Waals surface area contributed by atoms with Crippen LogP contribution in [-0.2, 0) is 4.74 Å². The second-order valence-electron chi connectivity index (χ2n) is 4.94. The predicted octanol–water partition coefficient (Wildman–Crippen LogP) is 2.73. The van der Waals surface area contributed by atoms with Gasteiger partial charge in [0, 0.05) is 24.8 Å². The number of benzene rings is 1. The van der Waals surface area contributed by atoms with Crippen LogP contribution in [0, 0.1) is 17.1 Å². The van der Waals surface area contributed by atoms with E-state index in [0.717, 1.165) is 12.8 Å². The first kappa shape index (κ1) is 15.1. The molecule has 0 radical (unpaired) electrons. The van der Waals surface area contributed by atoms with Gasteiger partial charge in [-0.05, 0) is 38.0 Å². The van der Waals surface area contributed by atoms with Crippen LogP contribution in [0.25, 0.3) is 0 Å². The second-order valence-corrected chi connectivity index (χ2v) is 4.94. The number of carbonyl (C=O) groups is 1. The second kappa shape index (κ2) is 6.93. The van der Waals surface area contributed by atoms with Gasteiger partial charge < -0.3 is 15.0 Å². The van der Waals surface area contributed by atoms with Gasteiger partial charge in [-0.2, -0.15) is 5.26 Å². The molecule has 5 nitrogen and oxygen atoms in total. The average molecular weight is 291 g/mol. The molecule has 0 aromatic heterocycles. The van der Waals surface area contributed by atoms with Crippen molar-refractivity contribution in [3.63, 3.8) is 0 Å². The number of piperidine rings is 1. The van der Waals surface area contributed by atoms with Crippen LogP contribution in [0.1, 0.15) is 25.3 Å². The van der Waals surface area contributed by atoms with Crippen molar-refractivity contribution < 1.29 is 13.9 Å². The van der Waals surface area contributed by atoms with Crippen molar-refractivity contribution in [1.29, 1.82) is 5.26 Å². The molecule has 6 heteroatoms. The largest absolute Gasteiger partial charge is 0.450 e. The third-order valence-electron chi connectivity index (χ3n) is 3.42. The molecule has 0 saturated carbocycles. The molecule has 1 heterocycles. The Labute approximate surface area is 123 Å². The average Bonchev–Trinajstić information content (AvgIpc) is 2.47. The van der Waals surface area contributed by atoms with Crippen molar-refractivity contribution in [3.05, 3.63) is 29.6 Å². The summed E-state index contributed by atoms with van der Waals surface area (Å²) in [4.78, 5) is 13.3. The van der Waals surface area contributed by atoms with E-state index in [1.807, 2.05) is 6.07 Å². The highest BCUT2D eigenvalue weighted by molar-refractivity contribution is 5.67. The number of hydrogen-bond acceptors (Lipinski definition) is 4. The van der Waals surface area contributed by atoms with E-state index in [1.54, 1.807) is 17.9 Å². The Bertz CT molecular complexity index is 548. The van der Waals surface area contributed by atoms with Gasteiger partial charge in [-0.15, -0.1) is 0 Å². The normalized spacial score (nSPS) is 15.4. The van der Waals surface area contributed by atoms with Crippen molar-refractivity contribution >= 4 is 11.8 Å². The SMILES string of the molecule is CCOC(=O)N1CCC(Nc2cc(F)cc(C#N)c2)CC1. The number of hydrogen-bond donors (Lipinski definition) is 1. The number of ether oxygens (including phenoxy) is 1. The first-order valence-electron chi connectivity index (χ1n) is 7.01. The molecular formula is C15H18FN3O2. The van der Waals surface area contributed by atoms with Crippen LogP contribution in [0.3, 0.4) is 0 Å². The van der Waals surface area contributed by atoms with E-state index in [0.29, 0.717) is 30.9 Å². The third-order valence-corrected chi connectivity index (χ3v) is 3.42. The van der Waals surface area contributed by atoms with Gasteiger partial charge in [0.2, 0.25) is 0 Å². The van der Waals surface area contributed by atoms with Crippen LogP contribution in [0.2, 0.25) is 0 Å². The van der Waals surface area contributed by atoms with E-state index < -0.39 is 5.82 Å². The van der Waals surface area contributed by atoms with E-state index in [-0.39, 0.29) is 12.1 Å². The highest BCUT2D eigenvalue weighted by atomic mass is 19.1. The minimum Gasteiger partial charge on any atom is -0.450 e. The lowest BCUT2D eigenvalue weighted by Gasteiger charge is -2.32. The number of nitrogens with zero attached hydrogens (tertiary/aromatic N) is 2. The van der Waals surface area contributed by atoms with Crippen molar-refractivity contribution in [2.75, 3.05) is 25.0 Å². The van der Waals surface area contributed by atoms with Gasteiger partial charge in [-0.25, -0.2) is 9.18 Å². The maximum absolute atomic E-state index is 13.4. The van der Waals surface area contributed by atoms with Crippen LogP contribution in [-0.4, -0.2) is 36.7 Å². The molecule has 0 aliphatic carbocycles. The fraction of sp³-hybridized carbons (Fsp3) is 0.467. The minimum absolute atomic E-state index is 0.156. The molecule has 1 amide bonds. The van der Waals surface area contributed by atoms with Gasteiger partial charge in [-0.3, -0.25) is 0 Å². The summed E-state index contributed by atoms with van der Waals surface area (Å²) in [6.07, 6.45) is 1.24. The summed E-state index contributed by atoms with van der Waals surface area (Å²) < 4.78 is 18.3. The first-order chi connectivity index (χ1) is 10.1. The van der Waals surface area contributed by atoms with Crippen LogP contribution in [0.5, 0.6) is 0 Å². The van der Waals surface area contributed by atoms with Crippen molar-refractivity contribution in [1.82, 2.24) is 4.90 Å². The number of amides is 1. The lowest BCUT2D eigenvalue weighted by Crippen LogP contribution is -2.42. The lowest BCUT2D eigenvalue weighted by molar-refractivity contribution is 0.0983. The summed E-state index contributed by atoms with van der Waals surface area (Å²) in [7, 11) is 0. The maximum Gasteiger partial charge on any atom is 0.409 e. The van der Waals surface area contributed by atoms with Gasteiger partial charge in [0.25, 0.3) is 0 Å². The summed E-state index contributed by atoms with van der Waals surface area (Å²) in [5.74, 6) is -0.430. The molecule has 1 fully saturated rings. The van der Waals surface area contributed by atoms with Crippen molar-refractivity contribution in [2.24, 2.45) is 0 Å². The number of carbonyl (C=O) groups excluding carboxylic acids is 1. The number of rotatable bonds is 3. The quantitative estimate of drug-likeness (QED) is 0.930. The highest BCUT2D eigenvalue weighted by Crippen LogP contribution is 2.19. The van der Waals surface area contributed by atoms with E-state index in [2.05, 4.69) is 5.32 Å². The minimum atomic E-state index is -0.430. The zero-order valence-electron chi connectivity index (χ0n) is 11.9. The number of anilines is 1. The van der Waals surface area contributed by atoms with Crippen molar-refractivity contribution in [2.45, 2.75) is 25.8 Å². The molecule has 1 aromatic carbocycles. The molecule has 1 aliphatic heterocycles. The van der Waals surface area contributed by atoms with Crippen LogP contribution in [0.15, 0.2) is 18.2 Å². The number of likely N-dealkylation sites (tertiary alicyclic amines) is 1. The maximum atomic E-state index is 13.4. The Morgan fingerprint density at radius 1 is 1.48 bits per heavy atom. The third kappa shape index (κ3) is 4.09.